The summed E-state index contributed by atoms with van der Waals surface area (Å²) in [6.07, 6.45) is 0. The summed E-state index contributed by atoms with van der Waals surface area (Å²) in [5.41, 5.74) is 0.0700. The van der Waals surface area contributed by atoms with Crippen LogP contribution in [0.5, 0.6) is 5.75 Å². The first-order valence-electron chi connectivity index (χ1n) is 7.67. The van der Waals surface area contributed by atoms with Gasteiger partial charge in [0.05, 0.1) is 5.69 Å². The van der Waals surface area contributed by atoms with Gasteiger partial charge in [-0.15, -0.1) is 11.8 Å². The summed E-state index contributed by atoms with van der Waals surface area (Å²) in [6.45, 7) is -1.87. The van der Waals surface area contributed by atoms with Crippen molar-refractivity contribution in [1.82, 2.24) is 0 Å². The van der Waals surface area contributed by atoms with Crippen LogP contribution in [0.15, 0.2) is 59.5 Å². The van der Waals surface area contributed by atoms with Crippen LogP contribution in [-0.2, 0) is 14.3 Å². The van der Waals surface area contributed by atoms with Gasteiger partial charge in [0.25, 0.3) is 5.91 Å². The van der Waals surface area contributed by atoms with E-state index in [1.54, 1.807) is 13.0 Å². The van der Waals surface area contributed by atoms with Gasteiger partial charge in [0, 0.05) is 4.90 Å². The van der Waals surface area contributed by atoms with Crippen molar-refractivity contribution in [3.8, 4) is 5.75 Å². The Morgan fingerprint density at radius 3 is 2.42 bits per heavy atom. The molecule has 138 valence electrons. The molecule has 8 heteroatoms. The highest BCUT2D eigenvalue weighted by Gasteiger charge is 2.18. The number of hydrogen-bond acceptors (Lipinski definition) is 5. The van der Waals surface area contributed by atoms with Gasteiger partial charge < -0.3 is 14.8 Å². The Balaban J connectivity index is 1.84. The first-order valence-corrected chi connectivity index (χ1v) is 8.55. The lowest BCUT2D eigenvalue weighted by molar-refractivity contribution is -0.146. The van der Waals surface area contributed by atoms with Crippen LogP contribution in [0.4, 0.5) is 14.5 Å². The predicted octanol–water partition coefficient (Wildman–Crippen LogP) is 3.95. The minimum Gasteiger partial charge on any atom is -0.455 e. The molecule has 0 aliphatic carbocycles. The number of amides is 1. The number of esters is 1. The SMILES string of the molecule is C[C@H](Sc1ccccc1)C(=O)OCC(=O)Nc1ccccc1OC(F)F. The van der Waals surface area contributed by atoms with Crippen molar-refractivity contribution < 1.29 is 27.8 Å². The van der Waals surface area contributed by atoms with E-state index in [2.05, 4.69) is 10.1 Å². The molecular weight excluding hydrogens is 364 g/mol. The summed E-state index contributed by atoms with van der Waals surface area (Å²) in [4.78, 5) is 24.8. The lowest BCUT2D eigenvalue weighted by atomic mass is 10.3. The molecule has 0 aromatic heterocycles. The fourth-order valence-electron chi connectivity index (χ4n) is 1.96. The zero-order valence-electron chi connectivity index (χ0n) is 13.9. The molecule has 1 atom stereocenters. The molecule has 2 aromatic carbocycles. The van der Waals surface area contributed by atoms with Crippen LogP contribution in [0.1, 0.15) is 6.92 Å². The van der Waals surface area contributed by atoms with Gasteiger partial charge in [-0.2, -0.15) is 8.78 Å². The second kappa shape index (κ2) is 9.76. The molecule has 0 saturated heterocycles. The Labute approximate surface area is 153 Å². The van der Waals surface area contributed by atoms with E-state index >= 15 is 0 Å². The summed E-state index contributed by atoms with van der Waals surface area (Å²) in [6, 6.07) is 15.1. The van der Waals surface area contributed by atoms with Gasteiger partial charge in [-0.3, -0.25) is 9.59 Å². The van der Waals surface area contributed by atoms with Crippen molar-refractivity contribution in [1.29, 1.82) is 0 Å². The van der Waals surface area contributed by atoms with Gasteiger partial charge in [0.15, 0.2) is 6.61 Å². The Hall–Kier alpha value is -2.61. The molecule has 0 bridgehead atoms. The number of carbonyl (C=O) groups is 2. The molecule has 2 aromatic rings. The lowest BCUT2D eigenvalue weighted by Crippen LogP contribution is -2.25. The minimum atomic E-state index is -3.01. The monoisotopic (exact) mass is 381 g/mol. The van der Waals surface area contributed by atoms with Crippen molar-refractivity contribution in [2.45, 2.75) is 23.7 Å². The maximum atomic E-state index is 12.4. The van der Waals surface area contributed by atoms with Crippen LogP contribution >= 0.6 is 11.8 Å². The highest BCUT2D eigenvalue weighted by atomic mass is 32.2. The van der Waals surface area contributed by atoms with Crippen molar-refractivity contribution >= 4 is 29.3 Å². The van der Waals surface area contributed by atoms with Crippen LogP contribution in [0.25, 0.3) is 0 Å². The standard InChI is InChI=1S/C18H17F2NO4S/c1-12(26-13-7-3-2-4-8-13)17(23)24-11-16(22)21-14-9-5-6-10-15(14)25-18(19)20/h2-10,12,18H,11H2,1H3,(H,21,22)/t12-/m0/s1. The van der Waals surface area contributed by atoms with E-state index in [0.717, 1.165) is 4.90 Å². The third-order valence-electron chi connectivity index (χ3n) is 3.11. The molecule has 1 amide bonds. The highest BCUT2D eigenvalue weighted by molar-refractivity contribution is 8.00. The molecule has 0 heterocycles. The predicted molar refractivity (Wildman–Crippen MR) is 94.4 cm³/mol. The van der Waals surface area contributed by atoms with Gasteiger partial charge >= 0.3 is 12.6 Å². The van der Waals surface area contributed by atoms with E-state index in [9.17, 15) is 18.4 Å². The maximum Gasteiger partial charge on any atom is 0.387 e. The van der Waals surface area contributed by atoms with Gasteiger partial charge in [0.2, 0.25) is 0 Å². The number of ether oxygens (including phenoxy) is 2. The van der Waals surface area contributed by atoms with E-state index in [-0.39, 0.29) is 11.4 Å². The highest BCUT2D eigenvalue weighted by Crippen LogP contribution is 2.26. The van der Waals surface area contributed by atoms with Crippen molar-refractivity contribution in [3.63, 3.8) is 0 Å². The molecule has 0 spiro atoms. The Kier molecular flexibility index (Phi) is 7.40. The van der Waals surface area contributed by atoms with E-state index in [1.165, 1.54) is 30.0 Å². The van der Waals surface area contributed by atoms with E-state index in [4.69, 9.17) is 4.74 Å². The average molecular weight is 381 g/mol. The second-order valence-corrected chi connectivity index (χ2v) is 6.52. The van der Waals surface area contributed by atoms with Crippen molar-refractivity contribution in [3.05, 3.63) is 54.6 Å². The third kappa shape index (κ3) is 6.36. The number of para-hydroxylation sites is 2. The summed E-state index contributed by atoms with van der Waals surface area (Å²) < 4.78 is 34.0. The van der Waals surface area contributed by atoms with Crippen LogP contribution in [0.2, 0.25) is 0 Å². The van der Waals surface area contributed by atoms with Gasteiger partial charge in [-0.25, -0.2) is 0 Å². The molecule has 26 heavy (non-hydrogen) atoms. The van der Waals surface area contributed by atoms with Gasteiger partial charge in [-0.1, -0.05) is 30.3 Å². The van der Waals surface area contributed by atoms with Crippen molar-refractivity contribution in [2.24, 2.45) is 0 Å². The topological polar surface area (TPSA) is 64.6 Å². The molecule has 0 aliphatic rings. The summed E-state index contributed by atoms with van der Waals surface area (Å²) in [5, 5.41) is 1.88. The first-order chi connectivity index (χ1) is 12.5. The van der Waals surface area contributed by atoms with Crippen LogP contribution in [-0.4, -0.2) is 30.3 Å². The third-order valence-corrected chi connectivity index (χ3v) is 4.20. The summed E-state index contributed by atoms with van der Waals surface area (Å²) in [5.74, 6) is -1.37. The minimum absolute atomic E-state index is 0.0700. The second-order valence-electron chi connectivity index (χ2n) is 5.10. The van der Waals surface area contributed by atoms with Crippen LogP contribution in [0.3, 0.4) is 0 Å². The Morgan fingerprint density at radius 1 is 1.08 bits per heavy atom. The molecule has 0 radical (unpaired) electrons. The number of carbonyl (C=O) groups excluding carboxylic acids is 2. The summed E-state index contributed by atoms with van der Waals surface area (Å²) in [7, 11) is 0. The zero-order chi connectivity index (χ0) is 18.9. The molecule has 0 unspecified atom stereocenters. The zero-order valence-corrected chi connectivity index (χ0v) is 14.7. The normalized spacial score (nSPS) is 11.7. The molecule has 0 saturated carbocycles. The largest absolute Gasteiger partial charge is 0.455 e. The van der Waals surface area contributed by atoms with Crippen LogP contribution in [0, 0.1) is 0 Å². The molecule has 1 N–H and O–H groups in total. The smallest absolute Gasteiger partial charge is 0.387 e. The van der Waals surface area contributed by atoms with Gasteiger partial charge in [0.1, 0.15) is 11.0 Å². The Morgan fingerprint density at radius 2 is 1.73 bits per heavy atom. The fraction of sp³-hybridized carbons (Fsp3) is 0.222. The Bertz CT molecular complexity index is 743. The van der Waals surface area contributed by atoms with E-state index in [0.29, 0.717) is 0 Å². The van der Waals surface area contributed by atoms with Crippen molar-refractivity contribution in [2.75, 3.05) is 11.9 Å². The van der Waals surface area contributed by atoms with E-state index < -0.39 is 30.3 Å². The fourth-order valence-corrected chi connectivity index (χ4v) is 2.85. The maximum absolute atomic E-state index is 12.4. The molecule has 0 fully saturated rings. The molecule has 5 nitrogen and oxygen atoms in total. The lowest BCUT2D eigenvalue weighted by Gasteiger charge is -2.13. The average Bonchev–Trinajstić information content (AvgIpc) is 2.61. The summed E-state index contributed by atoms with van der Waals surface area (Å²) >= 11 is 1.31. The quantitative estimate of drug-likeness (QED) is 0.554. The first kappa shape index (κ1) is 19.7. The molecular formula is C18H17F2NO4S. The van der Waals surface area contributed by atoms with Crippen LogP contribution < -0.4 is 10.1 Å². The van der Waals surface area contributed by atoms with Gasteiger partial charge in [-0.05, 0) is 31.2 Å². The number of nitrogens with one attached hydrogen (secondary N) is 1. The number of hydrogen-bond donors (Lipinski definition) is 1. The van der Waals surface area contributed by atoms with E-state index in [1.807, 2.05) is 30.3 Å². The number of thioether (sulfide) groups is 1. The number of anilines is 1. The molecule has 2 rings (SSSR count). The number of halogens is 2. The number of rotatable bonds is 8. The number of benzene rings is 2. The molecule has 0 aliphatic heterocycles. The number of alkyl halides is 2.